The molecule has 4 nitrogen and oxygen atoms in total. The Hall–Kier alpha value is -1.40. The second kappa shape index (κ2) is 5.18. The van der Waals surface area contributed by atoms with Crippen LogP contribution in [0.4, 0.5) is 4.39 Å². The van der Waals surface area contributed by atoms with Crippen LogP contribution >= 0.6 is 27.5 Å². The molecule has 20 heavy (non-hydrogen) atoms. The maximum atomic E-state index is 13.8. The van der Waals surface area contributed by atoms with Crippen molar-refractivity contribution in [3.63, 3.8) is 0 Å². The number of hydrogen-bond acceptors (Lipinski definition) is 2. The second-order valence-electron chi connectivity index (χ2n) is 4.46. The van der Waals surface area contributed by atoms with E-state index >= 15 is 0 Å². The molecule has 2 aromatic heterocycles. The molecule has 3 aromatic rings. The average Bonchev–Trinajstić information content (AvgIpc) is 2.96. The van der Waals surface area contributed by atoms with Crippen LogP contribution in [0.2, 0.25) is 0 Å². The number of halogens is 3. The van der Waals surface area contributed by atoms with Gasteiger partial charge in [-0.3, -0.25) is 0 Å². The van der Waals surface area contributed by atoms with Crippen LogP contribution in [0.5, 0.6) is 0 Å². The molecule has 0 atom stereocenters. The molecular formula is C13H11BrClFN4. The number of fused-ring (bicyclic) bond motifs is 1. The third-order valence-corrected chi connectivity index (χ3v) is 4.06. The van der Waals surface area contributed by atoms with Gasteiger partial charge in [-0.05, 0) is 22.0 Å². The van der Waals surface area contributed by atoms with Crippen molar-refractivity contribution < 1.29 is 4.39 Å². The van der Waals surface area contributed by atoms with E-state index in [-0.39, 0.29) is 11.7 Å². The first-order valence-electron chi connectivity index (χ1n) is 5.96. The Kier molecular flexibility index (Phi) is 3.52. The van der Waals surface area contributed by atoms with Crippen LogP contribution in [0.15, 0.2) is 29.0 Å². The Morgan fingerprint density at radius 1 is 1.35 bits per heavy atom. The summed E-state index contributed by atoms with van der Waals surface area (Å²) < 4.78 is 18.0. The molecule has 104 valence electrons. The maximum Gasteiger partial charge on any atom is 0.139 e. The topological polar surface area (TPSA) is 35.6 Å². The van der Waals surface area contributed by atoms with Gasteiger partial charge in [0.15, 0.2) is 0 Å². The van der Waals surface area contributed by atoms with E-state index in [2.05, 4.69) is 25.9 Å². The molecule has 0 saturated carbocycles. The van der Waals surface area contributed by atoms with Crippen LogP contribution in [0.3, 0.4) is 0 Å². The molecule has 2 heterocycles. The first-order valence-corrected chi connectivity index (χ1v) is 7.29. The summed E-state index contributed by atoms with van der Waals surface area (Å²) >= 11 is 9.12. The van der Waals surface area contributed by atoms with Crippen molar-refractivity contribution in [2.24, 2.45) is 7.05 Å². The molecule has 0 N–H and O–H groups in total. The molecule has 1 aromatic carbocycles. The first kappa shape index (κ1) is 13.6. The van der Waals surface area contributed by atoms with E-state index in [1.54, 1.807) is 12.3 Å². The Balaban J connectivity index is 2.17. The zero-order chi connectivity index (χ0) is 14.3. The summed E-state index contributed by atoms with van der Waals surface area (Å²) in [5, 5.41) is 0. The van der Waals surface area contributed by atoms with E-state index in [9.17, 15) is 4.39 Å². The molecule has 7 heteroatoms. The maximum absolute atomic E-state index is 13.8. The lowest BCUT2D eigenvalue weighted by molar-refractivity contribution is 0.621. The van der Waals surface area contributed by atoms with E-state index < -0.39 is 0 Å². The van der Waals surface area contributed by atoms with Gasteiger partial charge in [0.1, 0.15) is 17.5 Å². The van der Waals surface area contributed by atoms with Gasteiger partial charge in [0, 0.05) is 25.5 Å². The van der Waals surface area contributed by atoms with Crippen molar-refractivity contribution in [1.82, 2.24) is 19.1 Å². The standard InChI is InChI=1S/C13H11BrClFN4/c1-19-3-2-17-13(19)7-20-11-5-9(16)8(14)4-10(11)18-12(20)6-15/h2-5H,6-7H2,1H3. The van der Waals surface area contributed by atoms with Gasteiger partial charge in [-0.2, -0.15) is 0 Å². The van der Waals surface area contributed by atoms with Crippen molar-refractivity contribution in [2.45, 2.75) is 12.4 Å². The number of rotatable bonds is 3. The second-order valence-corrected chi connectivity index (χ2v) is 5.58. The monoisotopic (exact) mass is 356 g/mol. The quantitative estimate of drug-likeness (QED) is 0.673. The predicted molar refractivity (Wildman–Crippen MR) is 79.3 cm³/mol. The normalized spacial score (nSPS) is 11.4. The summed E-state index contributed by atoms with van der Waals surface area (Å²) in [6.07, 6.45) is 3.60. The number of aryl methyl sites for hydroxylation is 1. The highest BCUT2D eigenvalue weighted by molar-refractivity contribution is 9.10. The highest BCUT2D eigenvalue weighted by atomic mass is 79.9. The van der Waals surface area contributed by atoms with Crippen LogP contribution < -0.4 is 0 Å². The lowest BCUT2D eigenvalue weighted by Gasteiger charge is -2.08. The van der Waals surface area contributed by atoms with E-state index in [0.717, 1.165) is 5.82 Å². The minimum atomic E-state index is -0.320. The SMILES string of the molecule is Cn1ccnc1Cn1c(CCl)nc2cc(Br)c(F)cc21. The summed E-state index contributed by atoms with van der Waals surface area (Å²) in [4.78, 5) is 8.72. The van der Waals surface area contributed by atoms with Crippen LogP contribution in [0.25, 0.3) is 11.0 Å². The van der Waals surface area contributed by atoms with E-state index in [1.165, 1.54) is 6.07 Å². The molecule has 0 bridgehead atoms. The zero-order valence-electron chi connectivity index (χ0n) is 10.6. The molecule has 0 spiro atoms. The number of alkyl halides is 1. The molecule has 0 aliphatic rings. The fourth-order valence-electron chi connectivity index (χ4n) is 2.14. The Bertz CT molecular complexity index is 780. The Morgan fingerprint density at radius 2 is 2.15 bits per heavy atom. The van der Waals surface area contributed by atoms with E-state index in [1.807, 2.05) is 22.4 Å². The molecule has 0 aliphatic carbocycles. The molecular weight excluding hydrogens is 347 g/mol. The van der Waals surface area contributed by atoms with Gasteiger partial charge in [0.25, 0.3) is 0 Å². The molecule has 0 aliphatic heterocycles. The molecule has 3 rings (SSSR count). The van der Waals surface area contributed by atoms with Crippen molar-refractivity contribution in [2.75, 3.05) is 0 Å². The lowest BCUT2D eigenvalue weighted by atomic mass is 10.3. The van der Waals surface area contributed by atoms with Gasteiger partial charge in [-0.1, -0.05) is 0 Å². The molecule has 0 radical (unpaired) electrons. The van der Waals surface area contributed by atoms with Crippen molar-refractivity contribution in [1.29, 1.82) is 0 Å². The summed E-state index contributed by atoms with van der Waals surface area (Å²) in [6.45, 7) is 0.503. The summed E-state index contributed by atoms with van der Waals surface area (Å²) in [7, 11) is 1.92. The fourth-order valence-corrected chi connectivity index (χ4v) is 2.67. The van der Waals surface area contributed by atoms with E-state index in [4.69, 9.17) is 11.6 Å². The van der Waals surface area contributed by atoms with Crippen LogP contribution in [0.1, 0.15) is 11.6 Å². The summed E-state index contributed by atoms with van der Waals surface area (Å²) in [6, 6.07) is 3.13. The molecule has 0 amide bonds. The van der Waals surface area contributed by atoms with Gasteiger partial charge in [0.05, 0.1) is 27.9 Å². The lowest BCUT2D eigenvalue weighted by Crippen LogP contribution is -2.08. The molecule has 0 saturated heterocycles. The third-order valence-electron chi connectivity index (χ3n) is 3.21. The number of aromatic nitrogens is 4. The van der Waals surface area contributed by atoms with Crippen molar-refractivity contribution in [3.8, 4) is 0 Å². The number of hydrogen-bond donors (Lipinski definition) is 0. The highest BCUT2D eigenvalue weighted by Gasteiger charge is 2.14. The van der Waals surface area contributed by atoms with Crippen LogP contribution in [-0.4, -0.2) is 19.1 Å². The van der Waals surface area contributed by atoms with Crippen LogP contribution in [0, 0.1) is 5.82 Å². The minimum absolute atomic E-state index is 0.262. The smallest absolute Gasteiger partial charge is 0.139 e. The average molecular weight is 358 g/mol. The molecule has 0 fully saturated rings. The van der Waals surface area contributed by atoms with Gasteiger partial charge in [-0.15, -0.1) is 11.6 Å². The minimum Gasteiger partial charge on any atom is -0.337 e. The number of imidazole rings is 2. The first-order chi connectivity index (χ1) is 9.60. The van der Waals surface area contributed by atoms with Crippen LogP contribution in [-0.2, 0) is 19.5 Å². The third kappa shape index (κ3) is 2.23. The van der Waals surface area contributed by atoms with E-state index in [0.29, 0.717) is 27.9 Å². The zero-order valence-corrected chi connectivity index (χ0v) is 13.0. The van der Waals surface area contributed by atoms with Gasteiger partial charge >= 0.3 is 0 Å². The number of nitrogens with zero attached hydrogens (tertiary/aromatic N) is 4. The summed E-state index contributed by atoms with van der Waals surface area (Å²) in [5.41, 5.74) is 1.42. The Morgan fingerprint density at radius 3 is 2.80 bits per heavy atom. The van der Waals surface area contributed by atoms with Crippen molar-refractivity contribution >= 4 is 38.6 Å². The Labute approximate surface area is 128 Å². The predicted octanol–water partition coefficient (Wildman–Crippen LogP) is 3.46. The fraction of sp³-hybridized carbons (Fsp3) is 0.231. The van der Waals surface area contributed by atoms with Gasteiger partial charge in [0.2, 0.25) is 0 Å². The van der Waals surface area contributed by atoms with Gasteiger partial charge in [-0.25, -0.2) is 14.4 Å². The largest absolute Gasteiger partial charge is 0.337 e. The van der Waals surface area contributed by atoms with Crippen molar-refractivity contribution in [3.05, 3.63) is 46.5 Å². The summed E-state index contributed by atoms with van der Waals surface area (Å²) in [5.74, 6) is 1.50. The highest BCUT2D eigenvalue weighted by Crippen LogP contribution is 2.25. The van der Waals surface area contributed by atoms with Gasteiger partial charge < -0.3 is 9.13 Å². The number of benzene rings is 1. The molecule has 0 unspecified atom stereocenters.